The molecule has 0 bridgehead atoms. The molecule has 22 heavy (non-hydrogen) atoms. The van der Waals surface area contributed by atoms with Crippen LogP contribution in [-0.2, 0) is 15.1 Å². The zero-order valence-electron chi connectivity index (χ0n) is 12.0. The highest BCUT2D eigenvalue weighted by Gasteiger charge is 2.53. The number of amides is 3. The molecule has 0 aliphatic carbocycles. The van der Waals surface area contributed by atoms with Crippen molar-refractivity contribution in [3.8, 4) is 0 Å². The molecule has 1 aromatic carbocycles. The third-order valence-corrected chi connectivity index (χ3v) is 3.89. The molecular formula is C15H14N2O5. The summed E-state index contributed by atoms with van der Waals surface area (Å²) in [5.74, 6) is -1.63. The predicted octanol–water partition coefficient (Wildman–Crippen LogP) is 1.67. The number of benzene rings is 1. The van der Waals surface area contributed by atoms with E-state index < -0.39 is 29.5 Å². The Kier molecular flexibility index (Phi) is 2.94. The van der Waals surface area contributed by atoms with Gasteiger partial charge in [-0.05, 0) is 26.0 Å². The normalized spacial score (nSPS) is 22.9. The average Bonchev–Trinajstić information content (AvgIpc) is 2.99. The lowest BCUT2D eigenvalue weighted by Gasteiger charge is -2.20. The average molecular weight is 302 g/mol. The Bertz CT molecular complexity index is 763. The minimum Gasteiger partial charge on any atom is -0.480 e. The van der Waals surface area contributed by atoms with Crippen LogP contribution in [-0.4, -0.2) is 34.0 Å². The van der Waals surface area contributed by atoms with Gasteiger partial charge < -0.3 is 14.8 Å². The largest absolute Gasteiger partial charge is 0.480 e. The summed E-state index contributed by atoms with van der Waals surface area (Å²) >= 11 is 0. The number of aliphatic carboxylic acids is 1. The molecule has 1 aromatic heterocycles. The van der Waals surface area contributed by atoms with E-state index in [9.17, 15) is 14.4 Å². The molecule has 2 N–H and O–H groups in total. The highest BCUT2D eigenvalue weighted by Crippen LogP contribution is 2.33. The summed E-state index contributed by atoms with van der Waals surface area (Å²) in [5, 5.41) is 12.4. The van der Waals surface area contributed by atoms with Crippen LogP contribution in [0.5, 0.6) is 0 Å². The molecule has 2 unspecified atom stereocenters. The van der Waals surface area contributed by atoms with Crippen LogP contribution in [0.25, 0.3) is 11.0 Å². The summed E-state index contributed by atoms with van der Waals surface area (Å²) in [4.78, 5) is 36.4. The van der Waals surface area contributed by atoms with Crippen molar-refractivity contribution in [1.29, 1.82) is 0 Å². The molecular weight excluding hydrogens is 288 g/mol. The first kappa shape index (κ1) is 14.1. The number of fused-ring (bicyclic) bond motifs is 1. The molecule has 1 fully saturated rings. The van der Waals surface area contributed by atoms with Gasteiger partial charge in [-0.25, -0.2) is 14.5 Å². The molecule has 3 amide bonds. The third kappa shape index (κ3) is 1.86. The fourth-order valence-electron chi connectivity index (χ4n) is 2.52. The standard InChI is InChI=1S/C15H14N2O5/c1-8(12(18)19)17-13(20)15(2,16-14(17)21)11-7-9-5-3-4-6-10(9)22-11/h3-8H,1-2H3,(H,16,21)(H,18,19). The maximum Gasteiger partial charge on any atom is 0.326 e. The van der Waals surface area contributed by atoms with Gasteiger partial charge in [-0.1, -0.05) is 18.2 Å². The zero-order chi connectivity index (χ0) is 16.1. The van der Waals surface area contributed by atoms with Gasteiger partial charge >= 0.3 is 12.0 Å². The fraction of sp³-hybridized carbons (Fsp3) is 0.267. The van der Waals surface area contributed by atoms with Crippen molar-refractivity contribution in [2.24, 2.45) is 0 Å². The number of urea groups is 1. The molecule has 2 heterocycles. The van der Waals surface area contributed by atoms with E-state index in [-0.39, 0.29) is 5.76 Å². The summed E-state index contributed by atoms with van der Waals surface area (Å²) < 4.78 is 5.65. The van der Waals surface area contributed by atoms with Crippen molar-refractivity contribution in [1.82, 2.24) is 10.2 Å². The highest BCUT2D eigenvalue weighted by atomic mass is 16.4. The summed E-state index contributed by atoms with van der Waals surface area (Å²) in [6.07, 6.45) is 0. The van der Waals surface area contributed by atoms with E-state index in [0.29, 0.717) is 10.5 Å². The first-order chi connectivity index (χ1) is 10.3. The minimum atomic E-state index is -1.42. The zero-order valence-corrected chi connectivity index (χ0v) is 12.0. The number of imide groups is 1. The summed E-state index contributed by atoms with van der Waals surface area (Å²) in [6.45, 7) is 2.78. The van der Waals surface area contributed by atoms with Gasteiger partial charge in [0.25, 0.3) is 5.91 Å². The lowest BCUT2D eigenvalue weighted by atomic mass is 9.98. The molecule has 0 saturated carbocycles. The van der Waals surface area contributed by atoms with E-state index in [2.05, 4.69) is 5.32 Å². The van der Waals surface area contributed by atoms with Gasteiger partial charge in [-0.2, -0.15) is 0 Å². The number of carbonyl (C=O) groups excluding carboxylic acids is 2. The molecule has 0 radical (unpaired) electrons. The Morgan fingerprint density at radius 3 is 2.68 bits per heavy atom. The van der Waals surface area contributed by atoms with E-state index in [0.717, 1.165) is 5.39 Å². The number of carboxylic acids is 1. The van der Waals surface area contributed by atoms with Crippen molar-refractivity contribution in [2.75, 3.05) is 0 Å². The van der Waals surface area contributed by atoms with Gasteiger partial charge in [0, 0.05) is 5.39 Å². The van der Waals surface area contributed by atoms with E-state index in [4.69, 9.17) is 9.52 Å². The molecule has 2 aromatic rings. The third-order valence-electron chi connectivity index (χ3n) is 3.89. The van der Waals surface area contributed by atoms with Crippen LogP contribution in [0.2, 0.25) is 0 Å². The van der Waals surface area contributed by atoms with E-state index in [1.807, 2.05) is 12.1 Å². The molecule has 3 rings (SSSR count). The number of para-hydroxylation sites is 1. The van der Waals surface area contributed by atoms with Crippen LogP contribution < -0.4 is 5.32 Å². The van der Waals surface area contributed by atoms with E-state index in [1.165, 1.54) is 13.8 Å². The number of hydrogen-bond acceptors (Lipinski definition) is 4. The van der Waals surface area contributed by atoms with Crippen molar-refractivity contribution in [3.05, 3.63) is 36.1 Å². The molecule has 1 aliphatic heterocycles. The molecule has 1 aliphatic rings. The molecule has 7 nitrogen and oxygen atoms in total. The minimum absolute atomic E-state index is 0.270. The molecule has 1 saturated heterocycles. The van der Waals surface area contributed by atoms with Crippen LogP contribution in [0.1, 0.15) is 19.6 Å². The monoisotopic (exact) mass is 302 g/mol. The second-order valence-electron chi connectivity index (χ2n) is 5.39. The Labute approximate surface area is 125 Å². The number of nitrogens with one attached hydrogen (secondary N) is 1. The number of nitrogens with zero attached hydrogens (tertiary/aromatic N) is 1. The van der Waals surface area contributed by atoms with Crippen LogP contribution >= 0.6 is 0 Å². The quantitative estimate of drug-likeness (QED) is 0.840. The van der Waals surface area contributed by atoms with Crippen molar-refractivity contribution >= 4 is 28.9 Å². The number of furan rings is 1. The van der Waals surface area contributed by atoms with Crippen LogP contribution in [0, 0.1) is 0 Å². The number of carboxylic acid groups (broad SMARTS) is 1. The summed E-state index contributed by atoms with van der Waals surface area (Å²) in [6, 6.07) is 6.87. The van der Waals surface area contributed by atoms with E-state index >= 15 is 0 Å². The first-order valence-corrected chi connectivity index (χ1v) is 6.72. The number of carbonyl (C=O) groups is 3. The van der Waals surface area contributed by atoms with Gasteiger partial charge in [0.05, 0.1) is 0 Å². The first-order valence-electron chi connectivity index (χ1n) is 6.72. The van der Waals surface area contributed by atoms with Crippen LogP contribution in [0.15, 0.2) is 34.7 Å². The lowest BCUT2D eigenvalue weighted by molar-refractivity contribution is -0.147. The summed E-state index contributed by atoms with van der Waals surface area (Å²) in [7, 11) is 0. The number of rotatable bonds is 3. The Morgan fingerprint density at radius 1 is 1.36 bits per heavy atom. The SMILES string of the molecule is CC(C(=O)O)N1C(=O)NC(C)(c2cc3ccccc3o2)C1=O. The van der Waals surface area contributed by atoms with Crippen molar-refractivity contribution in [3.63, 3.8) is 0 Å². The second kappa shape index (κ2) is 4.59. The maximum atomic E-state index is 12.6. The Balaban J connectivity index is 2.04. The van der Waals surface area contributed by atoms with E-state index in [1.54, 1.807) is 18.2 Å². The highest BCUT2D eigenvalue weighted by molar-refractivity contribution is 6.09. The molecule has 7 heteroatoms. The van der Waals surface area contributed by atoms with Crippen molar-refractivity contribution < 1.29 is 23.9 Å². The smallest absolute Gasteiger partial charge is 0.326 e. The van der Waals surface area contributed by atoms with Gasteiger partial charge in [0.1, 0.15) is 17.4 Å². The lowest BCUT2D eigenvalue weighted by Crippen LogP contribution is -2.45. The second-order valence-corrected chi connectivity index (χ2v) is 5.39. The summed E-state index contributed by atoms with van der Waals surface area (Å²) in [5.41, 5.74) is -0.828. The Morgan fingerprint density at radius 2 is 2.05 bits per heavy atom. The van der Waals surface area contributed by atoms with Gasteiger partial charge in [0.15, 0.2) is 5.54 Å². The molecule has 2 atom stereocenters. The van der Waals surface area contributed by atoms with Gasteiger partial charge in [0.2, 0.25) is 0 Å². The topological polar surface area (TPSA) is 99.8 Å². The molecule has 114 valence electrons. The van der Waals surface area contributed by atoms with Crippen molar-refractivity contribution in [2.45, 2.75) is 25.4 Å². The molecule has 0 spiro atoms. The van der Waals surface area contributed by atoms with Crippen LogP contribution in [0.3, 0.4) is 0 Å². The van der Waals surface area contributed by atoms with Crippen LogP contribution in [0.4, 0.5) is 4.79 Å². The van der Waals surface area contributed by atoms with Gasteiger partial charge in [-0.15, -0.1) is 0 Å². The maximum absolute atomic E-state index is 12.6. The van der Waals surface area contributed by atoms with Gasteiger partial charge in [-0.3, -0.25) is 4.79 Å². The predicted molar refractivity (Wildman–Crippen MR) is 76.0 cm³/mol. The Hall–Kier alpha value is -2.83. The number of hydrogen-bond donors (Lipinski definition) is 2. The fourth-order valence-corrected chi connectivity index (χ4v) is 2.52.